The molecule has 1 aliphatic rings. The van der Waals surface area contributed by atoms with Crippen molar-refractivity contribution in [2.24, 2.45) is 0 Å². The van der Waals surface area contributed by atoms with Crippen molar-refractivity contribution < 1.29 is 14.3 Å². The van der Waals surface area contributed by atoms with Crippen LogP contribution in [0.4, 0.5) is 5.69 Å². The number of anilines is 1. The highest BCUT2D eigenvalue weighted by Gasteiger charge is 2.13. The minimum atomic E-state index is -0.350. The normalized spacial score (nSPS) is 15.2. The van der Waals surface area contributed by atoms with Crippen LogP contribution in [0.2, 0.25) is 0 Å². The van der Waals surface area contributed by atoms with E-state index in [4.69, 9.17) is 15.2 Å². The summed E-state index contributed by atoms with van der Waals surface area (Å²) in [6.45, 7) is 5.89. The Morgan fingerprint density at radius 1 is 1.35 bits per heavy atom. The lowest BCUT2D eigenvalue weighted by molar-refractivity contribution is 0.0526. The van der Waals surface area contributed by atoms with E-state index in [1.807, 2.05) is 0 Å². The summed E-state index contributed by atoms with van der Waals surface area (Å²) in [6.07, 6.45) is 2.53. The lowest BCUT2D eigenvalue weighted by Gasteiger charge is -2.16. The fraction of sp³-hybridized carbons (Fsp3) is 0.533. The second-order valence-corrected chi connectivity index (χ2v) is 4.87. The SMILES string of the molecule is CCOC(=O)c1ccc(N)c(OCCN2CCCC2)c1. The van der Waals surface area contributed by atoms with E-state index < -0.39 is 0 Å². The Hall–Kier alpha value is -1.75. The van der Waals surface area contributed by atoms with Crippen LogP contribution in [0.1, 0.15) is 30.1 Å². The number of ether oxygens (including phenoxy) is 2. The van der Waals surface area contributed by atoms with E-state index in [2.05, 4.69) is 4.90 Å². The molecule has 0 amide bonds. The van der Waals surface area contributed by atoms with E-state index >= 15 is 0 Å². The predicted octanol–water partition coefficient (Wildman–Crippen LogP) is 1.92. The maximum atomic E-state index is 11.7. The summed E-state index contributed by atoms with van der Waals surface area (Å²) in [6, 6.07) is 4.98. The molecule has 1 fully saturated rings. The molecule has 0 aliphatic carbocycles. The maximum absolute atomic E-state index is 11.7. The topological polar surface area (TPSA) is 64.8 Å². The number of likely N-dealkylation sites (tertiary alicyclic amines) is 1. The van der Waals surface area contributed by atoms with Gasteiger partial charge >= 0.3 is 5.97 Å². The summed E-state index contributed by atoms with van der Waals surface area (Å²) in [7, 11) is 0. The molecule has 1 aromatic rings. The molecule has 5 heteroatoms. The summed E-state index contributed by atoms with van der Waals surface area (Å²) < 4.78 is 10.7. The molecule has 0 atom stereocenters. The molecule has 1 heterocycles. The van der Waals surface area contributed by atoms with Gasteiger partial charge in [-0.2, -0.15) is 0 Å². The van der Waals surface area contributed by atoms with Crippen LogP contribution >= 0.6 is 0 Å². The fourth-order valence-electron chi connectivity index (χ4n) is 2.29. The summed E-state index contributed by atoms with van der Waals surface area (Å²) in [5, 5.41) is 0. The highest BCUT2D eigenvalue weighted by atomic mass is 16.5. The number of hydrogen-bond donors (Lipinski definition) is 1. The first-order chi connectivity index (χ1) is 9.70. The largest absolute Gasteiger partial charge is 0.490 e. The Kier molecular flexibility index (Phi) is 5.24. The molecule has 1 aromatic carbocycles. The summed E-state index contributed by atoms with van der Waals surface area (Å²) in [5.41, 5.74) is 6.88. The van der Waals surface area contributed by atoms with Crippen molar-refractivity contribution >= 4 is 11.7 Å². The highest BCUT2D eigenvalue weighted by molar-refractivity contribution is 5.90. The number of hydrogen-bond acceptors (Lipinski definition) is 5. The average molecular weight is 278 g/mol. The van der Waals surface area contributed by atoms with Crippen molar-refractivity contribution in [2.75, 3.05) is 38.6 Å². The molecule has 0 aromatic heterocycles. The number of nitrogens with zero attached hydrogens (tertiary/aromatic N) is 1. The second-order valence-electron chi connectivity index (χ2n) is 4.87. The fourth-order valence-corrected chi connectivity index (χ4v) is 2.29. The van der Waals surface area contributed by atoms with E-state index in [-0.39, 0.29) is 5.97 Å². The molecule has 1 aliphatic heterocycles. The number of carbonyl (C=O) groups excluding carboxylic acids is 1. The van der Waals surface area contributed by atoms with Crippen LogP contribution in [0.5, 0.6) is 5.75 Å². The van der Waals surface area contributed by atoms with Crippen molar-refractivity contribution in [3.05, 3.63) is 23.8 Å². The van der Waals surface area contributed by atoms with Crippen LogP contribution in [-0.2, 0) is 4.74 Å². The van der Waals surface area contributed by atoms with Crippen LogP contribution in [0.15, 0.2) is 18.2 Å². The van der Waals surface area contributed by atoms with Crippen molar-refractivity contribution in [2.45, 2.75) is 19.8 Å². The molecule has 0 saturated carbocycles. The van der Waals surface area contributed by atoms with Gasteiger partial charge in [0.1, 0.15) is 12.4 Å². The molecule has 20 heavy (non-hydrogen) atoms. The smallest absolute Gasteiger partial charge is 0.338 e. The number of rotatable bonds is 6. The molecule has 2 rings (SSSR count). The van der Waals surface area contributed by atoms with Gasteiger partial charge in [0, 0.05) is 6.54 Å². The van der Waals surface area contributed by atoms with Crippen LogP contribution in [0.3, 0.4) is 0 Å². The van der Waals surface area contributed by atoms with Gasteiger partial charge in [-0.25, -0.2) is 4.79 Å². The zero-order valence-corrected chi connectivity index (χ0v) is 11.9. The minimum absolute atomic E-state index is 0.350. The van der Waals surface area contributed by atoms with Crippen LogP contribution < -0.4 is 10.5 Å². The van der Waals surface area contributed by atoms with Crippen molar-refractivity contribution in [1.29, 1.82) is 0 Å². The van der Waals surface area contributed by atoms with Gasteiger partial charge in [-0.05, 0) is 51.1 Å². The van der Waals surface area contributed by atoms with Crippen molar-refractivity contribution in [1.82, 2.24) is 4.90 Å². The third-order valence-electron chi connectivity index (χ3n) is 3.39. The molecule has 5 nitrogen and oxygen atoms in total. The zero-order chi connectivity index (χ0) is 14.4. The molecule has 0 spiro atoms. The van der Waals surface area contributed by atoms with Crippen molar-refractivity contribution in [3.63, 3.8) is 0 Å². The lowest BCUT2D eigenvalue weighted by Crippen LogP contribution is -2.25. The molecular formula is C15H22N2O3. The molecule has 0 radical (unpaired) electrons. The van der Waals surface area contributed by atoms with Gasteiger partial charge < -0.3 is 15.2 Å². The third-order valence-corrected chi connectivity index (χ3v) is 3.39. The van der Waals surface area contributed by atoms with Crippen LogP contribution in [-0.4, -0.2) is 43.7 Å². The number of carbonyl (C=O) groups is 1. The van der Waals surface area contributed by atoms with Crippen molar-refractivity contribution in [3.8, 4) is 5.75 Å². The molecule has 2 N–H and O–H groups in total. The number of nitrogen functional groups attached to an aromatic ring is 1. The molecule has 1 saturated heterocycles. The summed E-state index contributed by atoms with van der Waals surface area (Å²) in [4.78, 5) is 14.0. The average Bonchev–Trinajstić information content (AvgIpc) is 2.94. The second kappa shape index (κ2) is 7.14. The molecular weight excluding hydrogens is 256 g/mol. The minimum Gasteiger partial charge on any atom is -0.490 e. The summed E-state index contributed by atoms with van der Waals surface area (Å²) >= 11 is 0. The van der Waals surface area contributed by atoms with Gasteiger partial charge in [0.2, 0.25) is 0 Å². The molecule has 0 bridgehead atoms. The third kappa shape index (κ3) is 3.87. The van der Waals surface area contributed by atoms with Crippen LogP contribution in [0, 0.1) is 0 Å². The van der Waals surface area contributed by atoms with Gasteiger partial charge in [0.25, 0.3) is 0 Å². The Morgan fingerprint density at radius 3 is 2.80 bits per heavy atom. The Bertz CT molecular complexity index is 456. The standard InChI is InChI=1S/C15H22N2O3/c1-2-19-15(18)12-5-6-13(16)14(11-12)20-10-9-17-7-3-4-8-17/h5-6,11H,2-4,7-10,16H2,1H3. The van der Waals surface area contributed by atoms with Gasteiger partial charge in [-0.15, -0.1) is 0 Å². The maximum Gasteiger partial charge on any atom is 0.338 e. The Balaban J connectivity index is 1.92. The number of nitrogens with two attached hydrogens (primary N) is 1. The van der Waals surface area contributed by atoms with E-state index in [0.29, 0.717) is 30.2 Å². The highest BCUT2D eigenvalue weighted by Crippen LogP contribution is 2.23. The molecule has 0 unspecified atom stereocenters. The summed E-state index contributed by atoms with van der Waals surface area (Å²) in [5.74, 6) is 0.201. The Labute approximate surface area is 119 Å². The first kappa shape index (κ1) is 14.7. The van der Waals surface area contributed by atoms with Gasteiger partial charge in [0.15, 0.2) is 0 Å². The Morgan fingerprint density at radius 2 is 2.10 bits per heavy atom. The first-order valence-electron chi connectivity index (χ1n) is 7.12. The lowest BCUT2D eigenvalue weighted by atomic mass is 10.2. The van der Waals surface area contributed by atoms with Gasteiger partial charge in [0.05, 0.1) is 17.9 Å². The van der Waals surface area contributed by atoms with Crippen LogP contribution in [0.25, 0.3) is 0 Å². The molecule has 110 valence electrons. The quantitative estimate of drug-likeness (QED) is 0.636. The number of esters is 1. The predicted molar refractivity (Wildman–Crippen MR) is 78.0 cm³/mol. The van der Waals surface area contributed by atoms with Gasteiger partial charge in [-0.3, -0.25) is 4.90 Å². The van der Waals surface area contributed by atoms with E-state index in [1.165, 1.54) is 12.8 Å². The first-order valence-corrected chi connectivity index (χ1v) is 7.12. The van der Waals surface area contributed by atoms with Gasteiger partial charge in [-0.1, -0.05) is 0 Å². The van der Waals surface area contributed by atoms with E-state index in [9.17, 15) is 4.79 Å². The monoisotopic (exact) mass is 278 g/mol. The van der Waals surface area contributed by atoms with E-state index in [0.717, 1.165) is 19.6 Å². The zero-order valence-electron chi connectivity index (χ0n) is 11.9. The number of benzene rings is 1. The van der Waals surface area contributed by atoms with E-state index in [1.54, 1.807) is 25.1 Å².